The quantitative estimate of drug-likeness (QED) is 0.604. The molecule has 1 heterocycles. The lowest BCUT2D eigenvalue weighted by atomic mass is 10.1. The number of likely N-dealkylation sites (N-methyl/N-ethyl adjacent to an activating group) is 1. The number of amides is 3. The number of benzene rings is 2. The van der Waals surface area contributed by atoms with Crippen molar-refractivity contribution in [2.45, 2.75) is 13.5 Å². The molecule has 1 saturated heterocycles. The molecule has 0 unspecified atom stereocenters. The number of hydrogen-bond donors (Lipinski definition) is 1. The molecule has 3 amide bonds. The van der Waals surface area contributed by atoms with E-state index in [-0.39, 0.29) is 11.6 Å². The molecule has 7 heteroatoms. The third-order valence-electron chi connectivity index (χ3n) is 3.88. The Bertz CT molecular complexity index is 896. The van der Waals surface area contributed by atoms with Crippen molar-refractivity contribution >= 4 is 41.2 Å². The van der Waals surface area contributed by atoms with E-state index in [2.05, 4.69) is 5.32 Å². The summed E-state index contributed by atoms with van der Waals surface area (Å²) in [6.07, 6.45) is 1.61. The molecule has 26 heavy (non-hydrogen) atoms. The first-order valence-corrected chi connectivity index (χ1v) is 8.75. The number of nitrogens with zero attached hydrogens (tertiary/aromatic N) is 1. The lowest BCUT2D eigenvalue weighted by Gasteiger charge is -2.10. The van der Waals surface area contributed by atoms with Gasteiger partial charge in [-0.3, -0.25) is 9.69 Å². The van der Waals surface area contributed by atoms with Crippen LogP contribution >= 0.6 is 23.2 Å². The van der Waals surface area contributed by atoms with Gasteiger partial charge in [-0.25, -0.2) is 4.79 Å². The summed E-state index contributed by atoms with van der Waals surface area (Å²) < 4.78 is 5.86. The minimum atomic E-state index is -0.419. The molecule has 1 aliphatic heterocycles. The standard InChI is InChI=1S/C19H16Cl2N2O3/c1-2-23-18(24)16(22-19(23)25)10-13-5-3-4-6-17(13)26-11-12-7-8-14(20)15(21)9-12/h3-10H,2,11H2,1H3,(H,22,25)/b16-10+. The first-order chi connectivity index (χ1) is 12.5. The highest BCUT2D eigenvalue weighted by molar-refractivity contribution is 6.42. The van der Waals surface area contributed by atoms with Crippen molar-refractivity contribution in [3.63, 3.8) is 0 Å². The third-order valence-corrected chi connectivity index (χ3v) is 4.61. The molecule has 1 N–H and O–H groups in total. The second-order valence-corrected chi connectivity index (χ2v) is 6.43. The fraction of sp³-hybridized carbons (Fsp3) is 0.158. The maximum Gasteiger partial charge on any atom is 0.328 e. The van der Waals surface area contributed by atoms with E-state index >= 15 is 0 Å². The summed E-state index contributed by atoms with van der Waals surface area (Å²) in [5, 5.41) is 3.52. The molecule has 0 saturated carbocycles. The summed E-state index contributed by atoms with van der Waals surface area (Å²) in [7, 11) is 0. The molecule has 0 spiro atoms. The molecule has 0 aromatic heterocycles. The number of para-hydroxylation sites is 1. The van der Waals surface area contributed by atoms with E-state index in [1.54, 1.807) is 31.2 Å². The van der Waals surface area contributed by atoms with E-state index in [1.165, 1.54) is 0 Å². The van der Waals surface area contributed by atoms with Gasteiger partial charge in [0.05, 0.1) is 10.0 Å². The Hall–Kier alpha value is -2.50. The predicted molar refractivity (Wildman–Crippen MR) is 101 cm³/mol. The number of rotatable bonds is 5. The minimum Gasteiger partial charge on any atom is -0.488 e. The van der Waals surface area contributed by atoms with Crippen LogP contribution in [-0.4, -0.2) is 23.4 Å². The smallest absolute Gasteiger partial charge is 0.328 e. The molecule has 2 aromatic carbocycles. The summed E-state index contributed by atoms with van der Waals surface area (Å²) in [5.74, 6) is 0.236. The molecular weight excluding hydrogens is 375 g/mol. The van der Waals surface area contributed by atoms with Crippen molar-refractivity contribution in [3.05, 3.63) is 69.3 Å². The lowest BCUT2D eigenvalue weighted by Crippen LogP contribution is -2.30. The molecule has 5 nitrogen and oxygen atoms in total. The maximum atomic E-state index is 12.2. The second kappa shape index (κ2) is 7.81. The zero-order valence-corrected chi connectivity index (χ0v) is 15.5. The van der Waals surface area contributed by atoms with E-state index < -0.39 is 6.03 Å². The summed E-state index contributed by atoms with van der Waals surface area (Å²) in [4.78, 5) is 25.1. The number of carbonyl (C=O) groups excluding carboxylic acids is 2. The molecule has 0 aliphatic carbocycles. The number of nitrogens with one attached hydrogen (secondary N) is 1. The largest absolute Gasteiger partial charge is 0.488 e. The Labute approximate surface area is 161 Å². The maximum absolute atomic E-state index is 12.2. The highest BCUT2D eigenvalue weighted by atomic mass is 35.5. The summed E-state index contributed by atoms with van der Waals surface area (Å²) in [6, 6.07) is 12.1. The van der Waals surface area contributed by atoms with Gasteiger partial charge in [-0.2, -0.15) is 0 Å². The van der Waals surface area contributed by atoms with Gasteiger partial charge in [-0.05, 0) is 36.8 Å². The Morgan fingerprint density at radius 1 is 1.12 bits per heavy atom. The van der Waals surface area contributed by atoms with Crippen LogP contribution in [0.1, 0.15) is 18.1 Å². The van der Waals surface area contributed by atoms with Crippen molar-refractivity contribution in [3.8, 4) is 5.75 Å². The molecular formula is C19H16Cl2N2O3. The van der Waals surface area contributed by atoms with Crippen molar-refractivity contribution in [1.82, 2.24) is 10.2 Å². The van der Waals surface area contributed by atoms with Crippen LogP contribution in [-0.2, 0) is 11.4 Å². The van der Waals surface area contributed by atoms with Crippen LogP contribution in [0.15, 0.2) is 48.2 Å². The average Bonchev–Trinajstić information content (AvgIpc) is 2.90. The first-order valence-electron chi connectivity index (χ1n) is 8.00. The van der Waals surface area contributed by atoms with Crippen LogP contribution in [0.2, 0.25) is 10.0 Å². The van der Waals surface area contributed by atoms with Crippen molar-refractivity contribution in [2.75, 3.05) is 6.54 Å². The summed E-state index contributed by atoms with van der Waals surface area (Å²) >= 11 is 11.9. The van der Waals surface area contributed by atoms with E-state index in [9.17, 15) is 9.59 Å². The Balaban J connectivity index is 1.80. The number of urea groups is 1. The SMILES string of the molecule is CCN1C(=O)N/C(=C/c2ccccc2OCc2ccc(Cl)c(Cl)c2)C1=O. The molecule has 1 fully saturated rings. The lowest BCUT2D eigenvalue weighted by molar-refractivity contribution is -0.122. The summed E-state index contributed by atoms with van der Waals surface area (Å²) in [5.41, 5.74) is 1.78. The van der Waals surface area contributed by atoms with Crippen LogP contribution in [0.4, 0.5) is 4.79 Å². The zero-order chi connectivity index (χ0) is 18.7. The third kappa shape index (κ3) is 3.84. The Kier molecular flexibility index (Phi) is 5.49. The zero-order valence-electron chi connectivity index (χ0n) is 14.0. The van der Waals surface area contributed by atoms with Gasteiger partial charge in [0.25, 0.3) is 5.91 Å². The number of carbonyl (C=O) groups is 2. The van der Waals surface area contributed by atoms with Crippen LogP contribution in [0, 0.1) is 0 Å². The van der Waals surface area contributed by atoms with E-state index in [0.29, 0.717) is 34.5 Å². The number of ether oxygens (including phenoxy) is 1. The van der Waals surface area contributed by atoms with Crippen molar-refractivity contribution < 1.29 is 14.3 Å². The van der Waals surface area contributed by atoms with Gasteiger partial charge >= 0.3 is 6.03 Å². The number of halogens is 2. The van der Waals surface area contributed by atoms with Gasteiger partial charge in [0.15, 0.2) is 0 Å². The molecule has 3 rings (SSSR count). The summed E-state index contributed by atoms with van der Waals surface area (Å²) in [6.45, 7) is 2.35. The van der Waals surface area contributed by atoms with Gasteiger partial charge in [-0.15, -0.1) is 0 Å². The van der Waals surface area contributed by atoms with E-state index in [1.807, 2.05) is 24.3 Å². The fourth-order valence-electron chi connectivity index (χ4n) is 2.54. The van der Waals surface area contributed by atoms with Crippen LogP contribution < -0.4 is 10.1 Å². The highest BCUT2D eigenvalue weighted by Gasteiger charge is 2.32. The molecule has 0 atom stereocenters. The Morgan fingerprint density at radius 2 is 1.88 bits per heavy atom. The van der Waals surface area contributed by atoms with Crippen LogP contribution in [0.5, 0.6) is 5.75 Å². The van der Waals surface area contributed by atoms with Gasteiger partial charge < -0.3 is 10.1 Å². The molecule has 2 aromatic rings. The fourth-order valence-corrected chi connectivity index (χ4v) is 2.86. The monoisotopic (exact) mass is 390 g/mol. The molecule has 134 valence electrons. The molecule has 0 bridgehead atoms. The minimum absolute atomic E-state index is 0.224. The molecule has 0 radical (unpaired) electrons. The van der Waals surface area contributed by atoms with Gasteiger partial charge in [0.1, 0.15) is 18.1 Å². The number of hydrogen-bond acceptors (Lipinski definition) is 3. The first kappa shape index (κ1) is 18.3. The van der Waals surface area contributed by atoms with Crippen LogP contribution in [0.3, 0.4) is 0 Å². The highest BCUT2D eigenvalue weighted by Crippen LogP contribution is 2.26. The normalized spacial score (nSPS) is 15.5. The van der Waals surface area contributed by atoms with Gasteiger partial charge in [-0.1, -0.05) is 47.5 Å². The van der Waals surface area contributed by atoms with Crippen molar-refractivity contribution in [1.29, 1.82) is 0 Å². The number of imide groups is 1. The van der Waals surface area contributed by atoms with Crippen molar-refractivity contribution in [2.24, 2.45) is 0 Å². The van der Waals surface area contributed by atoms with Crippen LogP contribution in [0.25, 0.3) is 6.08 Å². The van der Waals surface area contributed by atoms with E-state index in [4.69, 9.17) is 27.9 Å². The second-order valence-electron chi connectivity index (χ2n) is 5.61. The predicted octanol–water partition coefficient (Wildman–Crippen LogP) is 4.49. The molecule has 1 aliphatic rings. The van der Waals surface area contributed by atoms with E-state index in [0.717, 1.165) is 10.5 Å². The van der Waals surface area contributed by atoms with Gasteiger partial charge in [0, 0.05) is 12.1 Å². The topological polar surface area (TPSA) is 58.6 Å². The van der Waals surface area contributed by atoms with Gasteiger partial charge in [0.2, 0.25) is 0 Å². The Morgan fingerprint density at radius 3 is 2.58 bits per heavy atom. The average molecular weight is 391 g/mol.